The van der Waals surface area contributed by atoms with Crippen LogP contribution in [-0.4, -0.2) is 61.6 Å². The standard InChI is InChI=1S/C28H32N2O4S/c1-20-8-4-6-10-22(20)28(32)29(15-16-33-3)18-27(31)30-14-12-26-23(13-17-35-26)24(30)19-34-25-11-7-5-9-21(25)2/h4-11,13,17,24H,12,14-16,18-19H2,1-3H3. The summed E-state index contributed by atoms with van der Waals surface area (Å²) in [6, 6.07) is 17.3. The fraction of sp³-hybridized carbons (Fsp3) is 0.357. The number of ether oxygens (including phenoxy) is 2. The van der Waals surface area contributed by atoms with Crippen molar-refractivity contribution in [1.82, 2.24) is 9.80 Å². The number of thiophene rings is 1. The fourth-order valence-electron chi connectivity index (χ4n) is 4.45. The summed E-state index contributed by atoms with van der Waals surface area (Å²) in [5.74, 6) is 0.575. The van der Waals surface area contributed by atoms with Gasteiger partial charge in [0.25, 0.3) is 5.91 Å². The first-order valence-corrected chi connectivity index (χ1v) is 12.8. The van der Waals surface area contributed by atoms with Crippen LogP contribution in [0.3, 0.4) is 0 Å². The van der Waals surface area contributed by atoms with Gasteiger partial charge in [-0.3, -0.25) is 9.59 Å². The summed E-state index contributed by atoms with van der Waals surface area (Å²) in [6.07, 6.45) is 0.809. The molecule has 4 rings (SSSR count). The molecule has 0 saturated heterocycles. The number of methoxy groups -OCH3 is 1. The third kappa shape index (κ3) is 5.74. The number of hydrogen-bond acceptors (Lipinski definition) is 5. The molecule has 0 aliphatic carbocycles. The van der Waals surface area contributed by atoms with E-state index >= 15 is 0 Å². The number of carbonyl (C=O) groups is 2. The molecule has 1 unspecified atom stereocenters. The Hall–Kier alpha value is -3.16. The Balaban J connectivity index is 1.54. The molecule has 0 fully saturated rings. The van der Waals surface area contributed by atoms with Gasteiger partial charge >= 0.3 is 0 Å². The number of carbonyl (C=O) groups excluding carboxylic acids is 2. The Morgan fingerprint density at radius 1 is 1.06 bits per heavy atom. The van der Waals surface area contributed by atoms with Gasteiger partial charge in [-0.1, -0.05) is 36.4 Å². The van der Waals surface area contributed by atoms with Gasteiger partial charge in [0.1, 0.15) is 18.9 Å². The lowest BCUT2D eigenvalue weighted by atomic mass is 10.00. The van der Waals surface area contributed by atoms with E-state index in [4.69, 9.17) is 9.47 Å². The van der Waals surface area contributed by atoms with E-state index in [-0.39, 0.29) is 24.4 Å². The number of hydrogen-bond donors (Lipinski definition) is 0. The first kappa shape index (κ1) is 24.9. The van der Waals surface area contributed by atoms with Gasteiger partial charge in [0.15, 0.2) is 0 Å². The number of nitrogens with zero attached hydrogens (tertiary/aromatic N) is 2. The van der Waals surface area contributed by atoms with E-state index in [0.717, 1.165) is 28.9 Å². The zero-order valence-electron chi connectivity index (χ0n) is 20.5. The van der Waals surface area contributed by atoms with Crippen LogP contribution in [0.1, 0.15) is 38.0 Å². The minimum absolute atomic E-state index is 0.00311. The van der Waals surface area contributed by atoms with Crippen LogP contribution in [0.4, 0.5) is 0 Å². The topological polar surface area (TPSA) is 59.1 Å². The molecular weight excluding hydrogens is 460 g/mol. The third-order valence-corrected chi connectivity index (χ3v) is 7.46. The summed E-state index contributed by atoms with van der Waals surface area (Å²) in [6.45, 7) is 5.59. The SMILES string of the molecule is COCCN(CC(=O)N1CCc2sccc2C1COc1ccccc1C)C(=O)c1ccccc1C. The Morgan fingerprint density at radius 2 is 1.80 bits per heavy atom. The van der Waals surface area contributed by atoms with Crippen LogP contribution >= 0.6 is 11.3 Å². The second-order valence-electron chi connectivity index (χ2n) is 8.76. The van der Waals surface area contributed by atoms with Crippen molar-refractivity contribution < 1.29 is 19.1 Å². The average Bonchev–Trinajstić information content (AvgIpc) is 3.35. The highest BCUT2D eigenvalue weighted by Gasteiger charge is 2.33. The van der Waals surface area contributed by atoms with Crippen molar-refractivity contribution in [3.05, 3.63) is 87.1 Å². The highest BCUT2D eigenvalue weighted by atomic mass is 32.1. The van der Waals surface area contributed by atoms with Gasteiger partial charge in [-0.15, -0.1) is 11.3 Å². The second-order valence-corrected chi connectivity index (χ2v) is 9.76. The van der Waals surface area contributed by atoms with Gasteiger partial charge in [0, 0.05) is 30.6 Å². The van der Waals surface area contributed by atoms with Crippen molar-refractivity contribution in [2.45, 2.75) is 26.3 Å². The van der Waals surface area contributed by atoms with Crippen LogP contribution in [-0.2, 0) is 16.0 Å². The largest absolute Gasteiger partial charge is 0.491 e. The molecule has 2 amide bonds. The van der Waals surface area contributed by atoms with Crippen LogP contribution in [0.25, 0.3) is 0 Å². The maximum Gasteiger partial charge on any atom is 0.254 e. The summed E-state index contributed by atoms with van der Waals surface area (Å²) >= 11 is 1.72. The molecule has 0 saturated carbocycles. The average molecular weight is 493 g/mol. The maximum absolute atomic E-state index is 13.7. The summed E-state index contributed by atoms with van der Waals surface area (Å²) in [5.41, 5.74) is 3.69. The van der Waals surface area contributed by atoms with Crippen molar-refractivity contribution in [2.75, 3.05) is 40.0 Å². The molecule has 1 aromatic heterocycles. The molecule has 3 aromatic rings. The van der Waals surface area contributed by atoms with Crippen molar-refractivity contribution >= 4 is 23.2 Å². The Bertz CT molecular complexity index is 1180. The first-order chi connectivity index (χ1) is 17.0. The van der Waals surface area contributed by atoms with Gasteiger partial charge in [-0.05, 0) is 60.5 Å². The van der Waals surface area contributed by atoms with E-state index in [1.165, 1.54) is 4.88 Å². The molecule has 0 bridgehead atoms. The maximum atomic E-state index is 13.7. The lowest BCUT2D eigenvalue weighted by molar-refractivity contribution is -0.135. The number of aryl methyl sites for hydroxylation is 2. The summed E-state index contributed by atoms with van der Waals surface area (Å²) in [5, 5.41) is 2.08. The number of benzene rings is 2. The van der Waals surface area contributed by atoms with E-state index in [2.05, 4.69) is 11.4 Å². The number of amides is 2. The molecule has 2 aromatic carbocycles. The summed E-state index contributed by atoms with van der Waals surface area (Å²) in [4.78, 5) is 31.8. The normalized spacial score (nSPS) is 14.9. The first-order valence-electron chi connectivity index (χ1n) is 11.9. The molecule has 184 valence electrons. The van der Waals surface area contributed by atoms with E-state index in [9.17, 15) is 9.59 Å². The van der Waals surface area contributed by atoms with Crippen molar-refractivity contribution in [3.8, 4) is 5.75 Å². The second kappa shape index (κ2) is 11.5. The zero-order chi connectivity index (χ0) is 24.8. The zero-order valence-corrected chi connectivity index (χ0v) is 21.3. The molecule has 7 heteroatoms. The van der Waals surface area contributed by atoms with Crippen molar-refractivity contribution in [1.29, 1.82) is 0 Å². The van der Waals surface area contributed by atoms with Gasteiger partial charge in [-0.25, -0.2) is 0 Å². The highest BCUT2D eigenvalue weighted by Crippen LogP contribution is 2.34. The summed E-state index contributed by atoms with van der Waals surface area (Å²) in [7, 11) is 1.60. The number of para-hydroxylation sites is 1. The lowest BCUT2D eigenvalue weighted by Gasteiger charge is -2.37. The molecule has 35 heavy (non-hydrogen) atoms. The Kier molecular flexibility index (Phi) is 8.21. The van der Waals surface area contributed by atoms with Crippen LogP contribution < -0.4 is 4.74 Å². The molecule has 1 atom stereocenters. The molecule has 6 nitrogen and oxygen atoms in total. The van der Waals surface area contributed by atoms with Crippen LogP contribution in [0.2, 0.25) is 0 Å². The molecule has 1 aliphatic rings. The quantitative estimate of drug-likeness (QED) is 0.436. The molecule has 0 spiro atoms. The van der Waals surface area contributed by atoms with Crippen molar-refractivity contribution in [2.24, 2.45) is 0 Å². The van der Waals surface area contributed by atoms with Gasteiger partial charge in [0.2, 0.25) is 5.91 Å². The predicted octanol–water partition coefficient (Wildman–Crippen LogP) is 4.66. The lowest BCUT2D eigenvalue weighted by Crippen LogP contribution is -2.48. The van der Waals surface area contributed by atoms with Crippen LogP contribution in [0.15, 0.2) is 60.0 Å². The van der Waals surface area contributed by atoms with E-state index in [1.807, 2.05) is 61.2 Å². The van der Waals surface area contributed by atoms with E-state index in [0.29, 0.717) is 31.9 Å². The molecule has 1 aliphatic heterocycles. The van der Waals surface area contributed by atoms with Gasteiger partial charge in [-0.2, -0.15) is 0 Å². The smallest absolute Gasteiger partial charge is 0.254 e. The molecule has 0 radical (unpaired) electrons. The van der Waals surface area contributed by atoms with E-state index in [1.54, 1.807) is 29.4 Å². The number of rotatable bonds is 9. The number of fused-ring (bicyclic) bond motifs is 1. The Morgan fingerprint density at radius 3 is 2.54 bits per heavy atom. The van der Waals surface area contributed by atoms with Crippen LogP contribution in [0.5, 0.6) is 5.75 Å². The minimum atomic E-state index is -0.199. The Labute approximate surface area is 211 Å². The predicted molar refractivity (Wildman–Crippen MR) is 138 cm³/mol. The van der Waals surface area contributed by atoms with Gasteiger partial charge < -0.3 is 19.3 Å². The van der Waals surface area contributed by atoms with Crippen LogP contribution in [0, 0.1) is 13.8 Å². The fourth-order valence-corrected chi connectivity index (χ4v) is 5.38. The van der Waals surface area contributed by atoms with E-state index < -0.39 is 0 Å². The van der Waals surface area contributed by atoms with Crippen molar-refractivity contribution in [3.63, 3.8) is 0 Å². The molecule has 0 N–H and O–H groups in total. The molecule has 2 heterocycles. The highest BCUT2D eigenvalue weighted by molar-refractivity contribution is 7.10. The monoisotopic (exact) mass is 492 g/mol. The summed E-state index contributed by atoms with van der Waals surface area (Å²) < 4.78 is 11.4. The minimum Gasteiger partial charge on any atom is -0.491 e. The van der Waals surface area contributed by atoms with Gasteiger partial charge in [0.05, 0.1) is 12.6 Å². The third-order valence-electron chi connectivity index (χ3n) is 6.46. The molecular formula is C28H32N2O4S.